The van der Waals surface area contributed by atoms with Crippen LogP contribution >= 0.6 is 15.9 Å². The van der Waals surface area contributed by atoms with Gasteiger partial charge in [0, 0.05) is 10.9 Å². The highest BCUT2D eigenvalue weighted by atomic mass is 79.9. The van der Waals surface area contributed by atoms with Gasteiger partial charge in [0.2, 0.25) is 0 Å². The molecule has 0 aliphatic heterocycles. The van der Waals surface area contributed by atoms with Gasteiger partial charge in [-0.2, -0.15) is 0 Å². The highest BCUT2D eigenvalue weighted by Crippen LogP contribution is 2.29. The first-order valence-electron chi connectivity index (χ1n) is 5.20. The molecule has 4 heteroatoms. The van der Waals surface area contributed by atoms with Crippen LogP contribution in [0.25, 0.3) is 0 Å². The Morgan fingerprint density at radius 2 is 2.25 bits per heavy atom. The fourth-order valence-corrected chi connectivity index (χ4v) is 2.57. The summed E-state index contributed by atoms with van der Waals surface area (Å²) < 4.78 is 5.82. The average Bonchev–Trinajstić information content (AvgIpc) is 2.28. The first-order chi connectivity index (χ1) is 7.55. The van der Waals surface area contributed by atoms with Gasteiger partial charge in [0.15, 0.2) is 0 Å². The molecule has 0 radical (unpaired) electrons. The number of ether oxygens (including phenoxy) is 1. The molecule has 1 aromatic rings. The Morgan fingerprint density at radius 3 is 2.94 bits per heavy atom. The first kappa shape index (κ1) is 11.6. The van der Waals surface area contributed by atoms with E-state index < -0.39 is 5.54 Å². The van der Waals surface area contributed by atoms with E-state index in [4.69, 9.17) is 10.5 Å². The Kier molecular flexibility index (Phi) is 3.04. The first-order valence-corrected chi connectivity index (χ1v) is 5.99. The zero-order valence-electron chi connectivity index (χ0n) is 9.13. The van der Waals surface area contributed by atoms with Crippen LogP contribution in [0, 0.1) is 0 Å². The van der Waals surface area contributed by atoms with Crippen LogP contribution in [-0.2, 0) is 22.4 Å². The molecule has 1 aliphatic rings. The smallest absolute Gasteiger partial charge is 0.326 e. The quantitative estimate of drug-likeness (QED) is 0.800. The van der Waals surface area contributed by atoms with Crippen LogP contribution in [0.1, 0.15) is 17.5 Å². The molecular weight excluding hydrogens is 270 g/mol. The van der Waals surface area contributed by atoms with Gasteiger partial charge in [-0.3, -0.25) is 4.79 Å². The third-order valence-electron chi connectivity index (χ3n) is 3.11. The van der Waals surface area contributed by atoms with Gasteiger partial charge < -0.3 is 10.5 Å². The van der Waals surface area contributed by atoms with Gasteiger partial charge in [-0.15, -0.1) is 0 Å². The summed E-state index contributed by atoms with van der Waals surface area (Å²) in [6.45, 7) is 0. The summed E-state index contributed by atoms with van der Waals surface area (Å²) in [6.07, 6.45) is 2.02. The van der Waals surface area contributed by atoms with E-state index in [1.807, 2.05) is 12.1 Å². The minimum atomic E-state index is -0.852. The number of rotatable bonds is 1. The van der Waals surface area contributed by atoms with Crippen molar-refractivity contribution in [2.24, 2.45) is 5.73 Å². The van der Waals surface area contributed by atoms with Gasteiger partial charge in [-0.25, -0.2) is 0 Å². The second-order valence-corrected chi connectivity index (χ2v) is 5.15. The number of benzene rings is 1. The van der Waals surface area contributed by atoms with Gasteiger partial charge in [0.25, 0.3) is 0 Å². The predicted octanol–water partition coefficient (Wildman–Crippen LogP) is 1.81. The van der Waals surface area contributed by atoms with Crippen molar-refractivity contribution in [2.75, 3.05) is 7.11 Å². The third-order valence-corrected chi connectivity index (χ3v) is 3.60. The largest absolute Gasteiger partial charge is 0.468 e. The van der Waals surface area contributed by atoms with Crippen LogP contribution in [0.15, 0.2) is 22.7 Å². The van der Waals surface area contributed by atoms with Crippen molar-refractivity contribution in [1.82, 2.24) is 0 Å². The molecule has 0 spiro atoms. The molecule has 3 nitrogen and oxygen atoms in total. The molecule has 0 aromatic heterocycles. The molecule has 86 valence electrons. The van der Waals surface area contributed by atoms with Gasteiger partial charge in [-0.05, 0) is 36.1 Å². The highest BCUT2D eigenvalue weighted by Gasteiger charge is 2.38. The summed E-state index contributed by atoms with van der Waals surface area (Å²) in [7, 11) is 1.38. The lowest BCUT2D eigenvalue weighted by Crippen LogP contribution is -2.52. The summed E-state index contributed by atoms with van der Waals surface area (Å²) in [4.78, 5) is 11.6. The minimum absolute atomic E-state index is 0.318. The lowest BCUT2D eigenvalue weighted by atomic mass is 9.79. The van der Waals surface area contributed by atoms with E-state index in [-0.39, 0.29) is 5.97 Å². The van der Waals surface area contributed by atoms with Crippen LogP contribution in [0.4, 0.5) is 0 Å². The zero-order valence-corrected chi connectivity index (χ0v) is 10.7. The topological polar surface area (TPSA) is 52.3 Å². The van der Waals surface area contributed by atoms with Gasteiger partial charge >= 0.3 is 5.97 Å². The maximum atomic E-state index is 11.6. The number of methoxy groups -OCH3 is 1. The summed E-state index contributed by atoms with van der Waals surface area (Å²) in [5.41, 5.74) is 7.63. The van der Waals surface area contributed by atoms with Crippen molar-refractivity contribution >= 4 is 21.9 Å². The van der Waals surface area contributed by atoms with Crippen LogP contribution in [0.2, 0.25) is 0 Å². The summed E-state index contributed by atoms with van der Waals surface area (Å²) in [6, 6.07) is 6.08. The monoisotopic (exact) mass is 283 g/mol. The fraction of sp³-hybridized carbons (Fsp3) is 0.417. The number of nitrogens with two attached hydrogens (primary N) is 1. The summed E-state index contributed by atoms with van der Waals surface area (Å²) >= 11 is 3.44. The number of carbonyl (C=O) groups excluding carboxylic acids is 1. The lowest BCUT2D eigenvalue weighted by Gasteiger charge is -2.32. The van der Waals surface area contributed by atoms with E-state index in [0.717, 1.165) is 16.5 Å². The van der Waals surface area contributed by atoms with Crippen LogP contribution in [0.5, 0.6) is 0 Å². The number of hydrogen-bond donors (Lipinski definition) is 1. The Labute approximate surface area is 103 Å². The molecule has 2 N–H and O–H groups in total. The van der Waals surface area contributed by atoms with Gasteiger partial charge in [-0.1, -0.05) is 22.0 Å². The number of hydrogen-bond acceptors (Lipinski definition) is 3. The van der Waals surface area contributed by atoms with Crippen molar-refractivity contribution in [3.8, 4) is 0 Å². The Balaban J connectivity index is 2.30. The Hall–Kier alpha value is -0.870. The van der Waals surface area contributed by atoms with Crippen molar-refractivity contribution < 1.29 is 9.53 Å². The highest BCUT2D eigenvalue weighted by molar-refractivity contribution is 9.10. The standard InChI is InChI=1S/C12H14BrNO2/c1-16-11(15)12(14)5-4-8-6-10(13)3-2-9(8)7-12/h2-3,6H,4-5,7,14H2,1H3. The third kappa shape index (κ3) is 1.99. The molecule has 16 heavy (non-hydrogen) atoms. The molecule has 1 atom stereocenters. The molecule has 1 unspecified atom stereocenters. The van der Waals surface area contributed by atoms with Gasteiger partial charge in [0.05, 0.1) is 7.11 Å². The van der Waals surface area contributed by atoms with Crippen LogP contribution in [-0.4, -0.2) is 18.6 Å². The van der Waals surface area contributed by atoms with Crippen molar-refractivity contribution in [1.29, 1.82) is 0 Å². The van der Waals surface area contributed by atoms with Gasteiger partial charge in [0.1, 0.15) is 5.54 Å². The van der Waals surface area contributed by atoms with E-state index in [0.29, 0.717) is 12.8 Å². The second kappa shape index (κ2) is 4.18. The van der Waals surface area contributed by atoms with Crippen molar-refractivity contribution in [3.05, 3.63) is 33.8 Å². The van der Waals surface area contributed by atoms with E-state index in [2.05, 4.69) is 22.0 Å². The van der Waals surface area contributed by atoms with E-state index >= 15 is 0 Å². The molecule has 1 aromatic carbocycles. The van der Waals surface area contributed by atoms with Crippen LogP contribution < -0.4 is 5.73 Å². The Bertz CT molecular complexity index is 433. The number of aryl methyl sites for hydroxylation is 1. The van der Waals surface area contributed by atoms with Crippen LogP contribution in [0.3, 0.4) is 0 Å². The zero-order chi connectivity index (χ0) is 11.8. The minimum Gasteiger partial charge on any atom is -0.468 e. The predicted molar refractivity (Wildman–Crippen MR) is 65.1 cm³/mol. The molecule has 0 heterocycles. The number of carbonyl (C=O) groups is 1. The molecule has 1 aliphatic carbocycles. The fourth-order valence-electron chi connectivity index (χ4n) is 2.16. The maximum Gasteiger partial charge on any atom is 0.326 e. The SMILES string of the molecule is COC(=O)C1(N)CCc2cc(Br)ccc2C1. The second-order valence-electron chi connectivity index (χ2n) is 4.24. The van der Waals surface area contributed by atoms with E-state index in [1.54, 1.807) is 0 Å². The number of halogens is 1. The number of fused-ring (bicyclic) bond motifs is 1. The summed E-state index contributed by atoms with van der Waals surface area (Å²) in [5.74, 6) is -0.318. The number of esters is 1. The van der Waals surface area contributed by atoms with Crippen molar-refractivity contribution in [2.45, 2.75) is 24.8 Å². The Morgan fingerprint density at radius 1 is 1.50 bits per heavy atom. The van der Waals surface area contributed by atoms with E-state index in [1.165, 1.54) is 12.7 Å². The average molecular weight is 284 g/mol. The van der Waals surface area contributed by atoms with Crippen molar-refractivity contribution in [3.63, 3.8) is 0 Å². The molecule has 0 saturated carbocycles. The molecule has 2 rings (SSSR count). The van der Waals surface area contributed by atoms with E-state index in [9.17, 15) is 4.79 Å². The molecule has 0 fully saturated rings. The molecule has 0 saturated heterocycles. The molecule has 0 amide bonds. The summed E-state index contributed by atoms with van der Waals surface area (Å²) in [5, 5.41) is 0. The molecular formula is C12H14BrNO2. The normalized spacial score (nSPS) is 23.7. The molecule has 0 bridgehead atoms. The lowest BCUT2D eigenvalue weighted by molar-refractivity contribution is -0.147. The maximum absolute atomic E-state index is 11.6.